The smallest absolute Gasteiger partial charge is 0.126 e. The number of aromatic nitrogens is 1. The third-order valence-corrected chi connectivity index (χ3v) is 3.48. The predicted molar refractivity (Wildman–Crippen MR) is 80.0 cm³/mol. The van der Waals surface area contributed by atoms with Crippen molar-refractivity contribution in [2.45, 2.75) is 18.9 Å². The summed E-state index contributed by atoms with van der Waals surface area (Å²) in [5.41, 5.74) is 1.01. The summed E-state index contributed by atoms with van der Waals surface area (Å²) in [5.74, 6) is 0.893. The van der Waals surface area contributed by atoms with Crippen molar-refractivity contribution < 1.29 is 9.47 Å². The number of ether oxygens (including phenoxy) is 2. The maximum Gasteiger partial charge on any atom is 0.126 e. The van der Waals surface area contributed by atoms with Gasteiger partial charge in [0.15, 0.2) is 0 Å². The highest BCUT2D eigenvalue weighted by Crippen LogP contribution is 2.14. The van der Waals surface area contributed by atoms with E-state index in [-0.39, 0.29) is 0 Å². The second-order valence-corrected chi connectivity index (χ2v) is 5.03. The molecule has 1 aromatic carbocycles. The summed E-state index contributed by atoms with van der Waals surface area (Å²) in [7, 11) is 0. The molecule has 1 N–H and O–H groups in total. The third-order valence-electron chi connectivity index (χ3n) is 3.48. The molecule has 3 rings (SSSR count). The van der Waals surface area contributed by atoms with E-state index in [0.717, 1.165) is 42.7 Å². The molecule has 1 aromatic heterocycles. The van der Waals surface area contributed by atoms with Crippen LogP contribution in [0.15, 0.2) is 36.4 Å². The molecule has 1 atom stereocenters. The van der Waals surface area contributed by atoms with Crippen LogP contribution < -0.4 is 5.32 Å². The van der Waals surface area contributed by atoms with Crippen molar-refractivity contribution in [3.63, 3.8) is 0 Å². The van der Waals surface area contributed by atoms with Crippen molar-refractivity contribution >= 4 is 16.7 Å². The fraction of sp³-hybridized carbons (Fsp3) is 0.438. The number of rotatable bonds is 6. The normalized spacial score (nSPS) is 18.5. The summed E-state index contributed by atoms with van der Waals surface area (Å²) < 4.78 is 11.1. The van der Waals surface area contributed by atoms with Crippen molar-refractivity contribution in [2.24, 2.45) is 0 Å². The van der Waals surface area contributed by atoms with Crippen LogP contribution in [0.2, 0.25) is 0 Å². The van der Waals surface area contributed by atoms with Gasteiger partial charge in [0, 0.05) is 18.5 Å². The third kappa shape index (κ3) is 3.46. The number of pyridine rings is 1. The molecule has 0 aliphatic carbocycles. The standard InChI is InChI=1S/C16H20N2O2/c1-2-6-15-13(4-1)7-8-16(18-15)17-9-11-19-12-14-5-3-10-20-14/h1-2,4,6-8,14H,3,5,9-12H2,(H,17,18). The summed E-state index contributed by atoms with van der Waals surface area (Å²) in [6.45, 7) is 3.02. The van der Waals surface area contributed by atoms with Gasteiger partial charge >= 0.3 is 0 Å². The first-order chi connectivity index (χ1) is 9.92. The van der Waals surface area contributed by atoms with E-state index in [1.54, 1.807) is 0 Å². The molecule has 20 heavy (non-hydrogen) atoms. The highest BCUT2D eigenvalue weighted by atomic mass is 16.5. The lowest BCUT2D eigenvalue weighted by Crippen LogP contribution is -2.18. The lowest BCUT2D eigenvalue weighted by Gasteiger charge is -2.11. The van der Waals surface area contributed by atoms with Gasteiger partial charge in [-0.2, -0.15) is 0 Å². The number of nitrogens with zero attached hydrogens (tertiary/aromatic N) is 1. The molecule has 0 saturated carbocycles. The number of hydrogen-bond donors (Lipinski definition) is 1. The molecule has 1 aliphatic heterocycles. The van der Waals surface area contributed by atoms with E-state index in [0.29, 0.717) is 19.3 Å². The van der Waals surface area contributed by atoms with Crippen LogP contribution in [-0.4, -0.2) is 37.5 Å². The van der Waals surface area contributed by atoms with Crippen LogP contribution in [0.3, 0.4) is 0 Å². The molecule has 1 fully saturated rings. The van der Waals surface area contributed by atoms with Crippen LogP contribution >= 0.6 is 0 Å². The Hall–Kier alpha value is -1.65. The summed E-state index contributed by atoms with van der Waals surface area (Å²) in [5, 5.41) is 4.45. The number of fused-ring (bicyclic) bond motifs is 1. The van der Waals surface area contributed by atoms with Gasteiger partial charge in [0.05, 0.1) is 24.8 Å². The van der Waals surface area contributed by atoms with E-state index in [2.05, 4.69) is 22.4 Å². The summed E-state index contributed by atoms with van der Waals surface area (Å²) in [6.07, 6.45) is 2.58. The van der Waals surface area contributed by atoms with Gasteiger partial charge in [-0.1, -0.05) is 18.2 Å². The zero-order valence-corrected chi connectivity index (χ0v) is 11.5. The van der Waals surface area contributed by atoms with E-state index in [1.165, 1.54) is 0 Å². The van der Waals surface area contributed by atoms with Gasteiger partial charge in [-0.3, -0.25) is 0 Å². The van der Waals surface area contributed by atoms with Crippen molar-refractivity contribution in [1.29, 1.82) is 0 Å². The van der Waals surface area contributed by atoms with Crippen molar-refractivity contribution in [3.8, 4) is 0 Å². The summed E-state index contributed by atoms with van der Waals surface area (Å²) in [6, 6.07) is 12.2. The summed E-state index contributed by atoms with van der Waals surface area (Å²) >= 11 is 0. The number of anilines is 1. The molecule has 1 saturated heterocycles. The number of para-hydroxylation sites is 1. The molecule has 0 bridgehead atoms. The van der Waals surface area contributed by atoms with E-state index in [9.17, 15) is 0 Å². The Morgan fingerprint density at radius 1 is 1.25 bits per heavy atom. The van der Waals surface area contributed by atoms with Crippen molar-refractivity contribution in [3.05, 3.63) is 36.4 Å². The van der Waals surface area contributed by atoms with Gasteiger partial charge in [0.2, 0.25) is 0 Å². The minimum Gasteiger partial charge on any atom is -0.377 e. The average Bonchev–Trinajstić information content (AvgIpc) is 3.00. The first kappa shape index (κ1) is 13.3. The quantitative estimate of drug-likeness (QED) is 0.821. The average molecular weight is 272 g/mol. The highest BCUT2D eigenvalue weighted by Gasteiger charge is 2.14. The van der Waals surface area contributed by atoms with Gasteiger partial charge in [0.1, 0.15) is 5.82 Å². The highest BCUT2D eigenvalue weighted by molar-refractivity contribution is 5.79. The zero-order chi connectivity index (χ0) is 13.6. The number of nitrogens with one attached hydrogen (secondary N) is 1. The lowest BCUT2D eigenvalue weighted by atomic mass is 10.2. The SMILES string of the molecule is c1ccc2nc(NCCOCC3CCCO3)ccc2c1. The van der Waals surface area contributed by atoms with Gasteiger partial charge in [-0.05, 0) is 31.0 Å². The molecule has 1 aliphatic rings. The molecule has 106 valence electrons. The molecular formula is C16H20N2O2. The molecular weight excluding hydrogens is 252 g/mol. The maximum absolute atomic E-state index is 5.61. The van der Waals surface area contributed by atoms with Gasteiger partial charge < -0.3 is 14.8 Å². The monoisotopic (exact) mass is 272 g/mol. The molecule has 0 radical (unpaired) electrons. The Kier molecular flexibility index (Phi) is 4.46. The van der Waals surface area contributed by atoms with E-state index in [1.807, 2.05) is 24.3 Å². The zero-order valence-electron chi connectivity index (χ0n) is 11.5. The first-order valence-corrected chi connectivity index (χ1v) is 7.21. The second-order valence-electron chi connectivity index (χ2n) is 5.03. The van der Waals surface area contributed by atoms with E-state index < -0.39 is 0 Å². The predicted octanol–water partition coefficient (Wildman–Crippen LogP) is 2.84. The van der Waals surface area contributed by atoms with Crippen molar-refractivity contribution in [2.75, 3.05) is 31.7 Å². The van der Waals surface area contributed by atoms with Crippen LogP contribution in [-0.2, 0) is 9.47 Å². The Balaban J connectivity index is 1.42. The molecule has 4 heteroatoms. The van der Waals surface area contributed by atoms with E-state index in [4.69, 9.17) is 9.47 Å². The Morgan fingerprint density at radius 3 is 3.10 bits per heavy atom. The van der Waals surface area contributed by atoms with Crippen LogP contribution in [0.1, 0.15) is 12.8 Å². The van der Waals surface area contributed by atoms with Crippen LogP contribution in [0.5, 0.6) is 0 Å². The fourth-order valence-electron chi connectivity index (χ4n) is 2.41. The van der Waals surface area contributed by atoms with E-state index >= 15 is 0 Å². The number of hydrogen-bond acceptors (Lipinski definition) is 4. The lowest BCUT2D eigenvalue weighted by molar-refractivity contribution is 0.0206. The fourth-order valence-corrected chi connectivity index (χ4v) is 2.41. The van der Waals surface area contributed by atoms with Gasteiger partial charge in [0.25, 0.3) is 0 Å². The Bertz CT molecular complexity index is 553. The molecule has 4 nitrogen and oxygen atoms in total. The van der Waals surface area contributed by atoms with Crippen LogP contribution in [0.4, 0.5) is 5.82 Å². The first-order valence-electron chi connectivity index (χ1n) is 7.21. The Labute approximate surface area is 119 Å². The van der Waals surface area contributed by atoms with Crippen molar-refractivity contribution in [1.82, 2.24) is 4.98 Å². The molecule has 2 heterocycles. The minimum absolute atomic E-state index is 0.300. The van der Waals surface area contributed by atoms with Crippen LogP contribution in [0, 0.1) is 0 Å². The molecule has 2 aromatic rings. The largest absolute Gasteiger partial charge is 0.377 e. The maximum atomic E-state index is 5.61. The second kappa shape index (κ2) is 6.68. The van der Waals surface area contributed by atoms with Gasteiger partial charge in [-0.25, -0.2) is 4.98 Å². The molecule has 0 spiro atoms. The number of benzene rings is 1. The summed E-state index contributed by atoms with van der Waals surface area (Å²) in [4.78, 5) is 4.56. The van der Waals surface area contributed by atoms with Gasteiger partial charge in [-0.15, -0.1) is 0 Å². The van der Waals surface area contributed by atoms with Crippen LogP contribution in [0.25, 0.3) is 10.9 Å². The molecule has 1 unspecified atom stereocenters. The Morgan fingerprint density at radius 2 is 2.20 bits per heavy atom. The topological polar surface area (TPSA) is 43.4 Å². The molecule has 0 amide bonds. The minimum atomic E-state index is 0.300.